The molecule has 30 heavy (non-hydrogen) atoms. The predicted molar refractivity (Wildman–Crippen MR) is 99.7 cm³/mol. The lowest BCUT2D eigenvalue weighted by molar-refractivity contribution is -0.345. The predicted octanol–water partition coefficient (Wildman–Crippen LogP) is -3.60. The summed E-state index contributed by atoms with van der Waals surface area (Å²) in [6, 6.07) is 8.25. The van der Waals surface area contributed by atoms with Gasteiger partial charge in [-0.1, -0.05) is 30.3 Å². The Hall–Kier alpha value is -1.22. The highest BCUT2D eigenvalue weighted by atomic mass is 16.7. The number of hydrogen-bond donors (Lipinski definition) is 8. The van der Waals surface area contributed by atoms with Gasteiger partial charge in [0.1, 0.15) is 42.7 Å². The summed E-state index contributed by atoms with van der Waals surface area (Å²) in [6.45, 7) is -0.945. The van der Waals surface area contributed by atoms with Gasteiger partial charge in [0, 0.05) is 6.54 Å². The molecule has 11 heteroatoms. The van der Waals surface area contributed by atoms with E-state index in [1.165, 1.54) is 0 Å². The number of benzene rings is 1. The van der Waals surface area contributed by atoms with E-state index in [2.05, 4.69) is 5.32 Å². The fraction of sp³-hybridized carbons (Fsp3) is 0.684. The van der Waals surface area contributed by atoms with Gasteiger partial charge in [0.15, 0.2) is 12.6 Å². The summed E-state index contributed by atoms with van der Waals surface area (Å²) in [5.41, 5.74) is 0.896. The molecule has 0 aromatic heterocycles. The monoisotopic (exact) mass is 431 g/mol. The topological polar surface area (TPSA) is 181 Å². The highest BCUT2D eigenvalue weighted by Gasteiger charge is 2.50. The largest absolute Gasteiger partial charge is 0.394 e. The molecule has 0 amide bonds. The van der Waals surface area contributed by atoms with E-state index in [0.717, 1.165) is 5.56 Å². The molecule has 1 aromatic carbocycles. The summed E-state index contributed by atoms with van der Waals surface area (Å²) in [5.74, 6) is 0. The molecule has 0 spiro atoms. The van der Waals surface area contributed by atoms with Crippen LogP contribution in [0.3, 0.4) is 0 Å². The number of aliphatic hydroxyl groups is 7. The molecule has 1 aromatic rings. The Labute approximate surface area is 173 Å². The van der Waals surface area contributed by atoms with Crippen molar-refractivity contribution in [3.63, 3.8) is 0 Å². The van der Waals surface area contributed by atoms with Crippen LogP contribution in [0.1, 0.15) is 5.56 Å². The van der Waals surface area contributed by atoms with Gasteiger partial charge in [-0.3, -0.25) is 0 Å². The van der Waals surface area contributed by atoms with Crippen LogP contribution in [0.2, 0.25) is 0 Å². The van der Waals surface area contributed by atoms with Crippen molar-refractivity contribution >= 4 is 0 Å². The lowest BCUT2D eigenvalue weighted by atomic mass is 9.95. The van der Waals surface area contributed by atoms with E-state index in [-0.39, 0.29) is 0 Å². The minimum atomic E-state index is -1.68. The number of hydrogen-bond acceptors (Lipinski definition) is 11. The van der Waals surface area contributed by atoms with E-state index in [4.69, 9.17) is 14.2 Å². The molecule has 2 aliphatic rings. The van der Waals surface area contributed by atoms with Gasteiger partial charge in [0.05, 0.1) is 19.3 Å². The van der Waals surface area contributed by atoms with E-state index in [9.17, 15) is 35.7 Å². The number of nitrogens with one attached hydrogen (secondary N) is 1. The molecular formula is C19H29NO10. The van der Waals surface area contributed by atoms with Crippen molar-refractivity contribution in [2.24, 2.45) is 0 Å². The van der Waals surface area contributed by atoms with Crippen molar-refractivity contribution in [2.45, 2.75) is 67.9 Å². The van der Waals surface area contributed by atoms with Gasteiger partial charge in [0.2, 0.25) is 0 Å². The molecule has 170 valence electrons. The first-order valence-corrected chi connectivity index (χ1v) is 9.73. The summed E-state index contributed by atoms with van der Waals surface area (Å²) in [5, 5.41) is 72.9. The summed E-state index contributed by atoms with van der Waals surface area (Å²) in [7, 11) is 0. The van der Waals surface area contributed by atoms with Crippen LogP contribution in [0.5, 0.6) is 0 Å². The van der Waals surface area contributed by atoms with Gasteiger partial charge in [0.25, 0.3) is 0 Å². The van der Waals surface area contributed by atoms with E-state index in [0.29, 0.717) is 6.54 Å². The number of rotatable bonds is 7. The Morgan fingerprint density at radius 2 is 1.47 bits per heavy atom. The van der Waals surface area contributed by atoms with Crippen LogP contribution < -0.4 is 5.32 Å². The maximum absolute atomic E-state index is 10.8. The van der Waals surface area contributed by atoms with Gasteiger partial charge < -0.3 is 55.3 Å². The average Bonchev–Trinajstić information content (AvgIpc) is 2.76. The number of ether oxygens (including phenoxy) is 3. The van der Waals surface area contributed by atoms with Crippen LogP contribution in [0.15, 0.2) is 30.3 Å². The van der Waals surface area contributed by atoms with E-state index in [1.807, 2.05) is 30.3 Å². The molecule has 0 bridgehead atoms. The zero-order chi connectivity index (χ0) is 21.8. The minimum Gasteiger partial charge on any atom is -0.394 e. The molecule has 2 fully saturated rings. The first-order valence-electron chi connectivity index (χ1n) is 9.73. The van der Waals surface area contributed by atoms with E-state index < -0.39 is 74.6 Å². The van der Waals surface area contributed by atoms with Crippen LogP contribution in [0, 0.1) is 0 Å². The summed E-state index contributed by atoms with van der Waals surface area (Å²) in [6.07, 6.45) is -12.9. The minimum absolute atomic E-state index is 0.305. The molecule has 8 N–H and O–H groups in total. The molecule has 3 rings (SSSR count). The molecule has 10 atom stereocenters. The second-order valence-electron chi connectivity index (χ2n) is 7.43. The van der Waals surface area contributed by atoms with Crippen LogP contribution in [0.4, 0.5) is 0 Å². The molecule has 0 aliphatic carbocycles. The summed E-state index contributed by atoms with van der Waals surface area (Å²) in [4.78, 5) is 0. The molecule has 0 saturated carbocycles. The van der Waals surface area contributed by atoms with Crippen molar-refractivity contribution in [3.05, 3.63) is 35.9 Å². The average molecular weight is 431 g/mol. The third-order valence-corrected chi connectivity index (χ3v) is 5.40. The van der Waals surface area contributed by atoms with Crippen molar-refractivity contribution < 1.29 is 50.0 Å². The third kappa shape index (κ3) is 4.98. The maximum atomic E-state index is 10.8. The van der Waals surface area contributed by atoms with Gasteiger partial charge in [-0.2, -0.15) is 0 Å². The van der Waals surface area contributed by atoms with Crippen LogP contribution in [0.25, 0.3) is 0 Å². The number of aliphatic hydroxyl groups excluding tert-OH is 7. The Kier molecular flexibility index (Phi) is 8.12. The molecule has 11 nitrogen and oxygen atoms in total. The van der Waals surface area contributed by atoms with Crippen LogP contribution in [-0.2, 0) is 20.8 Å². The van der Waals surface area contributed by atoms with E-state index >= 15 is 0 Å². The lowest BCUT2D eigenvalue weighted by Gasteiger charge is -2.46. The second-order valence-corrected chi connectivity index (χ2v) is 7.43. The maximum Gasteiger partial charge on any atom is 0.187 e. The van der Waals surface area contributed by atoms with Crippen molar-refractivity contribution in [1.29, 1.82) is 0 Å². The Bertz CT molecular complexity index is 649. The first-order chi connectivity index (χ1) is 14.4. The fourth-order valence-corrected chi connectivity index (χ4v) is 3.64. The first kappa shape index (κ1) is 23.4. The Morgan fingerprint density at radius 3 is 2.10 bits per heavy atom. The SMILES string of the molecule is OCC1O[C@@H](O[C@@H]2C(CO)OC(O)[C@@H](NCc3ccccc3)C2O)[C@@H](O)C(O)[C@H]1O. The molecule has 5 unspecified atom stereocenters. The Morgan fingerprint density at radius 1 is 0.800 bits per heavy atom. The van der Waals surface area contributed by atoms with Crippen LogP contribution >= 0.6 is 0 Å². The Balaban J connectivity index is 1.71. The smallest absolute Gasteiger partial charge is 0.187 e. The highest BCUT2D eigenvalue weighted by Crippen LogP contribution is 2.28. The van der Waals surface area contributed by atoms with Crippen molar-refractivity contribution in [2.75, 3.05) is 13.2 Å². The third-order valence-electron chi connectivity index (χ3n) is 5.40. The highest BCUT2D eigenvalue weighted by molar-refractivity contribution is 5.14. The zero-order valence-corrected chi connectivity index (χ0v) is 16.1. The molecule has 2 aliphatic heterocycles. The standard InChI is InChI=1S/C19H29NO10/c21-7-10-13(23)15(25)16(26)19(29-10)30-17-11(8-22)28-18(27)12(14(17)24)20-6-9-4-2-1-3-5-9/h1-5,10-27H,6-8H2/t10?,11?,12-,13-,14?,15?,16-,17+,18?,19-/m0/s1. The van der Waals surface area contributed by atoms with Crippen molar-refractivity contribution in [3.8, 4) is 0 Å². The summed E-state index contributed by atoms with van der Waals surface area (Å²) < 4.78 is 16.3. The fourth-order valence-electron chi connectivity index (χ4n) is 3.64. The molecule has 0 radical (unpaired) electrons. The molecular weight excluding hydrogens is 402 g/mol. The van der Waals surface area contributed by atoms with E-state index in [1.54, 1.807) is 0 Å². The zero-order valence-electron chi connectivity index (χ0n) is 16.1. The van der Waals surface area contributed by atoms with Crippen molar-refractivity contribution in [1.82, 2.24) is 5.32 Å². The molecule has 2 saturated heterocycles. The summed E-state index contributed by atoms with van der Waals surface area (Å²) >= 11 is 0. The lowest BCUT2D eigenvalue weighted by Crippen LogP contribution is -2.66. The van der Waals surface area contributed by atoms with Gasteiger partial charge in [-0.25, -0.2) is 0 Å². The quantitative estimate of drug-likeness (QED) is 0.214. The normalized spacial score (nSPS) is 42.2. The molecule has 2 heterocycles. The van der Waals surface area contributed by atoms with Gasteiger partial charge in [-0.15, -0.1) is 0 Å². The van der Waals surface area contributed by atoms with Crippen LogP contribution in [-0.4, -0.2) is 110 Å². The van der Waals surface area contributed by atoms with Gasteiger partial charge >= 0.3 is 0 Å². The second kappa shape index (κ2) is 10.4. The van der Waals surface area contributed by atoms with Gasteiger partial charge in [-0.05, 0) is 5.56 Å².